The van der Waals surface area contributed by atoms with E-state index in [0.29, 0.717) is 39.7 Å². The van der Waals surface area contributed by atoms with E-state index in [1.807, 2.05) is 5.38 Å². The summed E-state index contributed by atoms with van der Waals surface area (Å²) in [5.41, 5.74) is 0.649. The van der Waals surface area contributed by atoms with Crippen LogP contribution >= 0.6 is 11.3 Å². The maximum absolute atomic E-state index is 13.3. The standard InChI is InChI=1S/C36H39F3N4O5S/c1-34(2,3)47-32(45)42(7)31-41-26(22-49-31)20-21-43(33(46)48-35(4,5)6)27-18-16-25(17-19-27)40-30(44)29-11-9-8-10-28(29)23-12-14-24(15-13-23)36(37,38)39/h8-19,22H,20-21H2,1-7H3,(H,40,44). The number of aromatic nitrogens is 1. The molecule has 0 radical (unpaired) electrons. The van der Waals surface area contributed by atoms with Gasteiger partial charge >= 0.3 is 18.4 Å². The first-order valence-corrected chi connectivity index (χ1v) is 16.3. The first-order valence-electron chi connectivity index (χ1n) is 15.4. The van der Waals surface area contributed by atoms with Crippen LogP contribution in [0.25, 0.3) is 11.1 Å². The lowest BCUT2D eigenvalue weighted by molar-refractivity contribution is -0.137. The van der Waals surface area contributed by atoms with Gasteiger partial charge in [0, 0.05) is 42.3 Å². The quantitative estimate of drug-likeness (QED) is 0.197. The summed E-state index contributed by atoms with van der Waals surface area (Å²) in [4.78, 5) is 46.4. The third kappa shape index (κ3) is 10.3. The molecule has 49 heavy (non-hydrogen) atoms. The lowest BCUT2D eigenvalue weighted by Crippen LogP contribution is -2.38. The van der Waals surface area contributed by atoms with E-state index in [4.69, 9.17) is 9.47 Å². The Labute approximate surface area is 287 Å². The number of ether oxygens (including phenoxy) is 2. The largest absolute Gasteiger partial charge is 0.443 e. The predicted octanol–water partition coefficient (Wildman–Crippen LogP) is 9.44. The number of amides is 3. The van der Waals surface area contributed by atoms with Crippen LogP contribution in [-0.2, 0) is 22.1 Å². The van der Waals surface area contributed by atoms with E-state index in [1.165, 1.54) is 33.3 Å². The molecule has 0 aliphatic carbocycles. The van der Waals surface area contributed by atoms with E-state index in [0.717, 1.165) is 12.1 Å². The first kappa shape index (κ1) is 36.9. The van der Waals surface area contributed by atoms with Gasteiger partial charge in [0.2, 0.25) is 0 Å². The van der Waals surface area contributed by atoms with Crippen molar-refractivity contribution in [1.82, 2.24) is 4.98 Å². The molecule has 0 bridgehead atoms. The molecular formula is C36H39F3N4O5S. The molecule has 1 N–H and O–H groups in total. The van der Waals surface area contributed by atoms with Crippen LogP contribution in [0.4, 0.5) is 39.3 Å². The van der Waals surface area contributed by atoms with Gasteiger partial charge in [-0.3, -0.25) is 14.6 Å². The molecule has 13 heteroatoms. The van der Waals surface area contributed by atoms with Gasteiger partial charge in [0.05, 0.1) is 11.3 Å². The number of nitrogens with one attached hydrogen (secondary N) is 1. The van der Waals surface area contributed by atoms with Gasteiger partial charge in [-0.1, -0.05) is 30.3 Å². The monoisotopic (exact) mass is 696 g/mol. The van der Waals surface area contributed by atoms with Crippen molar-refractivity contribution in [3.63, 3.8) is 0 Å². The second-order valence-corrected chi connectivity index (χ2v) is 14.0. The second-order valence-electron chi connectivity index (χ2n) is 13.2. The minimum absolute atomic E-state index is 0.209. The highest BCUT2D eigenvalue weighted by atomic mass is 32.1. The highest BCUT2D eigenvalue weighted by Gasteiger charge is 2.30. The number of nitrogens with zero attached hydrogens (tertiary/aromatic N) is 3. The molecule has 3 amide bonds. The summed E-state index contributed by atoms with van der Waals surface area (Å²) in [5, 5.41) is 5.09. The summed E-state index contributed by atoms with van der Waals surface area (Å²) in [6, 6.07) is 17.9. The molecule has 0 saturated carbocycles. The fourth-order valence-electron chi connectivity index (χ4n) is 4.54. The van der Waals surface area contributed by atoms with Crippen LogP contribution in [0.2, 0.25) is 0 Å². The van der Waals surface area contributed by atoms with Gasteiger partial charge in [0.15, 0.2) is 5.13 Å². The Kier molecular flexibility index (Phi) is 11.1. The van der Waals surface area contributed by atoms with Gasteiger partial charge in [-0.2, -0.15) is 13.2 Å². The number of hydrogen-bond acceptors (Lipinski definition) is 7. The molecule has 260 valence electrons. The smallest absolute Gasteiger partial charge is 0.416 e. The van der Waals surface area contributed by atoms with Crippen molar-refractivity contribution in [1.29, 1.82) is 0 Å². The highest BCUT2D eigenvalue weighted by molar-refractivity contribution is 7.14. The van der Waals surface area contributed by atoms with Crippen LogP contribution < -0.4 is 15.1 Å². The van der Waals surface area contributed by atoms with E-state index in [1.54, 1.807) is 97.1 Å². The average molecular weight is 697 g/mol. The Balaban J connectivity index is 1.49. The van der Waals surface area contributed by atoms with Crippen molar-refractivity contribution >= 4 is 45.9 Å². The zero-order valence-corrected chi connectivity index (χ0v) is 29.2. The number of benzene rings is 3. The molecule has 1 heterocycles. The molecule has 1 aromatic heterocycles. The number of hydrogen-bond donors (Lipinski definition) is 1. The van der Waals surface area contributed by atoms with Gasteiger partial charge in [-0.25, -0.2) is 14.6 Å². The number of carbonyl (C=O) groups is 3. The molecule has 0 saturated heterocycles. The second kappa shape index (κ2) is 14.7. The number of halogens is 3. The predicted molar refractivity (Wildman–Crippen MR) is 185 cm³/mol. The lowest BCUT2D eigenvalue weighted by atomic mass is 9.98. The third-order valence-corrected chi connectivity index (χ3v) is 7.80. The van der Waals surface area contributed by atoms with Gasteiger partial charge < -0.3 is 14.8 Å². The minimum atomic E-state index is -4.47. The minimum Gasteiger partial charge on any atom is -0.443 e. The lowest BCUT2D eigenvalue weighted by Gasteiger charge is -2.27. The Morgan fingerprint density at radius 1 is 0.816 bits per heavy atom. The van der Waals surface area contributed by atoms with Gasteiger partial charge in [-0.15, -0.1) is 11.3 Å². The van der Waals surface area contributed by atoms with Gasteiger partial charge in [0.25, 0.3) is 5.91 Å². The Morgan fingerprint density at radius 2 is 1.41 bits per heavy atom. The van der Waals surface area contributed by atoms with Crippen molar-refractivity contribution in [3.05, 3.63) is 95.0 Å². The molecular weight excluding hydrogens is 657 g/mol. The van der Waals surface area contributed by atoms with Crippen molar-refractivity contribution in [3.8, 4) is 11.1 Å². The number of alkyl halides is 3. The highest BCUT2D eigenvalue weighted by Crippen LogP contribution is 2.32. The first-order chi connectivity index (χ1) is 22.8. The van der Waals surface area contributed by atoms with Gasteiger partial charge in [-0.05, 0) is 95.1 Å². The molecule has 0 aliphatic heterocycles. The number of thiazole rings is 1. The summed E-state index contributed by atoms with van der Waals surface area (Å²) < 4.78 is 50.3. The van der Waals surface area contributed by atoms with E-state index in [-0.39, 0.29) is 12.1 Å². The SMILES string of the molecule is CN(C(=O)OC(C)(C)C)c1nc(CCN(C(=O)OC(C)(C)C)c2ccc(NC(=O)c3ccccc3-c3ccc(C(F)(F)F)cc3)cc2)cs1. The fraction of sp³-hybridized carbons (Fsp3) is 0.333. The van der Waals surface area contributed by atoms with E-state index >= 15 is 0 Å². The normalized spacial score (nSPS) is 11.9. The zero-order chi connectivity index (χ0) is 36.1. The topological polar surface area (TPSA) is 101 Å². The third-order valence-electron chi connectivity index (χ3n) is 6.83. The Bertz CT molecular complexity index is 1780. The molecule has 3 aromatic carbocycles. The van der Waals surface area contributed by atoms with Crippen LogP contribution in [0.15, 0.2) is 78.2 Å². The fourth-order valence-corrected chi connectivity index (χ4v) is 5.35. The molecule has 9 nitrogen and oxygen atoms in total. The molecule has 4 aromatic rings. The van der Waals surface area contributed by atoms with Crippen molar-refractivity contribution in [2.24, 2.45) is 0 Å². The molecule has 0 fully saturated rings. The summed E-state index contributed by atoms with van der Waals surface area (Å²) >= 11 is 1.28. The van der Waals surface area contributed by atoms with Crippen molar-refractivity contribution in [2.75, 3.05) is 28.7 Å². The van der Waals surface area contributed by atoms with Crippen LogP contribution in [0.5, 0.6) is 0 Å². The maximum Gasteiger partial charge on any atom is 0.416 e. The van der Waals surface area contributed by atoms with Crippen LogP contribution in [0.3, 0.4) is 0 Å². The van der Waals surface area contributed by atoms with Crippen molar-refractivity contribution in [2.45, 2.75) is 65.3 Å². The number of rotatable bonds is 8. The summed E-state index contributed by atoms with van der Waals surface area (Å²) in [6.07, 6.45) is -5.21. The average Bonchev–Trinajstić information content (AvgIpc) is 3.48. The Morgan fingerprint density at radius 3 is 2.00 bits per heavy atom. The molecule has 0 aliphatic rings. The number of carbonyl (C=O) groups excluding carboxylic acids is 3. The summed E-state index contributed by atoms with van der Waals surface area (Å²) in [7, 11) is 1.58. The van der Waals surface area contributed by atoms with Gasteiger partial charge in [0.1, 0.15) is 11.2 Å². The van der Waals surface area contributed by atoms with Crippen LogP contribution in [-0.4, -0.2) is 47.9 Å². The van der Waals surface area contributed by atoms with Crippen LogP contribution in [0, 0.1) is 0 Å². The summed E-state index contributed by atoms with van der Waals surface area (Å²) in [5.74, 6) is -0.456. The Hall–Kier alpha value is -4.91. The van der Waals surface area contributed by atoms with E-state index in [9.17, 15) is 27.6 Å². The van der Waals surface area contributed by atoms with E-state index < -0.39 is 41.0 Å². The maximum atomic E-state index is 13.3. The zero-order valence-electron chi connectivity index (χ0n) is 28.3. The molecule has 0 unspecified atom stereocenters. The molecule has 0 spiro atoms. The number of anilines is 3. The molecule has 4 rings (SSSR count). The summed E-state index contributed by atoms with van der Waals surface area (Å²) in [6.45, 7) is 10.9. The van der Waals surface area contributed by atoms with Crippen molar-refractivity contribution < 1.29 is 37.0 Å². The molecule has 0 atom stereocenters. The van der Waals surface area contributed by atoms with E-state index in [2.05, 4.69) is 10.3 Å². The van der Waals surface area contributed by atoms with Crippen LogP contribution in [0.1, 0.15) is 63.2 Å².